The van der Waals surface area contributed by atoms with Gasteiger partial charge in [-0.25, -0.2) is 0 Å². The first-order chi connectivity index (χ1) is 13.2. The lowest BCUT2D eigenvalue weighted by atomic mass is 10.1. The van der Waals surface area contributed by atoms with Crippen LogP contribution in [0.1, 0.15) is 23.6 Å². The Bertz CT molecular complexity index is 906. The lowest BCUT2D eigenvalue weighted by molar-refractivity contribution is 0.267. The molecule has 0 N–H and O–H groups in total. The number of aryl methyl sites for hydroxylation is 1. The fourth-order valence-electron chi connectivity index (χ4n) is 2.57. The molecule has 3 nitrogen and oxygen atoms in total. The lowest BCUT2D eigenvalue weighted by Crippen LogP contribution is -2.01. The average Bonchev–Trinajstić information content (AvgIpc) is 2.68. The Morgan fingerprint density at radius 3 is 2.41 bits per heavy atom. The molecule has 0 heterocycles. The van der Waals surface area contributed by atoms with Crippen molar-refractivity contribution in [3.8, 4) is 11.5 Å². The predicted octanol–water partition coefficient (Wildman–Crippen LogP) is 6.49. The maximum Gasteiger partial charge on any atom is 0.175 e. The van der Waals surface area contributed by atoms with Gasteiger partial charge in [0, 0.05) is 6.21 Å². The molecule has 3 aromatic rings. The monoisotopic (exact) mass is 423 g/mol. The Hall–Kier alpha value is -2.59. The summed E-state index contributed by atoms with van der Waals surface area (Å²) in [5.74, 6) is 1.41. The van der Waals surface area contributed by atoms with E-state index in [-0.39, 0.29) is 0 Å². The summed E-state index contributed by atoms with van der Waals surface area (Å²) in [6.45, 7) is 5.08. The molecule has 0 amide bonds. The fourth-order valence-corrected chi connectivity index (χ4v) is 3.14. The first-order valence-corrected chi connectivity index (χ1v) is 9.69. The van der Waals surface area contributed by atoms with Gasteiger partial charge in [-0.1, -0.05) is 48.0 Å². The van der Waals surface area contributed by atoms with Gasteiger partial charge < -0.3 is 9.47 Å². The van der Waals surface area contributed by atoms with E-state index < -0.39 is 0 Å². The standard InChI is InChI=1S/C23H22BrNO2/c1-3-26-22-14-19(15-25-20-7-5-4-6-8-20)13-21(24)23(22)27-16-18-11-9-17(2)10-12-18/h4-15H,3,16H2,1-2H3. The molecule has 0 unspecified atom stereocenters. The zero-order valence-electron chi connectivity index (χ0n) is 15.5. The van der Waals surface area contributed by atoms with E-state index in [0.29, 0.717) is 24.7 Å². The van der Waals surface area contributed by atoms with Crippen LogP contribution in [0.15, 0.2) is 76.2 Å². The Labute approximate surface area is 168 Å². The molecule has 0 aliphatic carbocycles. The number of rotatable bonds is 7. The van der Waals surface area contributed by atoms with Crippen LogP contribution in [-0.2, 0) is 6.61 Å². The van der Waals surface area contributed by atoms with Crippen molar-refractivity contribution in [2.24, 2.45) is 4.99 Å². The van der Waals surface area contributed by atoms with Gasteiger partial charge in [0.05, 0.1) is 16.8 Å². The molecule has 4 heteroatoms. The van der Waals surface area contributed by atoms with Crippen LogP contribution < -0.4 is 9.47 Å². The summed E-state index contributed by atoms with van der Waals surface area (Å²) < 4.78 is 12.7. The van der Waals surface area contributed by atoms with Crippen LogP contribution in [0.3, 0.4) is 0 Å². The van der Waals surface area contributed by atoms with E-state index in [4.69, 9.17) is 9.47 Å². The molecule has 3 rings (SSSR count). The highest BCUT2D eigenvalue weighted by molar-refractivity contribution is 9.10. The van der Waals surface area contributed by atoms with E-state index in [1.54, 1.807) is 0 Å². The molecule has 138 valence electrons. The maximum atomic E-state index is 6.05. The van der Waals surface area contributed by atoms with Gasteiger partial charge in [-0.3, -0.25) is 4.99 Å². The molecule has 0 spiro atoms. The summed E-state index contributed by atoms with van der Waals surface area (Å²) in [7, 11) is 0. The molecule has 0 saturated carbocycles. The Balaban J connectivity index is 1.81. The van der Waals surface area contributed by atoms with Gasteiger partial charge in [0.2, 0.25) is 0 Å². The zero-order chi connectivity index (χ0) is 19.1. The fraction of sp³-hybridized carbons (Fsp3) is 0.174. The molecular weight excluding hydrogens is 402 g/mol. The number of hydrogen-bond acceptors (Lipinski definition) is 3. The van der Waals surface area contributed by atoms with Crippen molar-refractivity contribution < 1.29 is 9.47 Å². The number of para-hydroxylation sites is 1. The molecule has 27 heavy (non-hydrogen) atoms. The number of hydrogen-bond donors (Lipinski definition) is 0. The molecule has 0 fully saturated rings. The van der Waals surface area contributed by atoms with Crippen molar-refractivity contribution in [1.29, 1.82) is 0 Å². The van der Waals surface area contributed by atoms with Crippen molar-refractivity contribution in [3.05, 3.63) is 87.9 Å². The Kier molecular flexibility index (Phi) is 6.66. The Morgan fingerprint density at radius 1 is 0.963 bits per heavy atom. The minimum absolute atomic E-state index is 0.483. The number of ether oxygens (including phenoxy) is 2. The lowest BCUT2D eigenvalue weighted by Gasteiger charge is -2.15. The highest BCUT2D eigenvalue weighted by Crippen LogP contribution is 2.37. The van der Waals surface area contributed by atoms with Crippen LogP contribution in [0.25, 0.3) is 0 Å². The van der Waals surface area contributed by atoms with Crippen molar-refractivity contribution >= 4 is 27.8 Å². The molecule has 3 aromatic carbocycles. The molecule has 0 bridgehead atoms. The largest absolute Gasteiger partial charge is 0.490 e. The summed E-state index contributed by atoms with van der Waals surface area (Å²) in [5, 5.41) is 0. The predicted molar refractivity (Wildman–Crippen MR) is 115 cm³/mol. The second-order valence-corrected chi connectivity index (χ2v) is 6.99. The third-order valence-electron chi connectivity index (χ3n) is 3.95. The van der Waals surface area contributed by atoms with Gasteiger partial charge >= 0.3 is 0 Å². The molecular formula is C23H22BrNO2. The summed E-state index contributed by atoms with van der Waals surface area (Å²) >= 11 is 3.61. The van der Waals surface area contributed by atoms with Gasteiger partial charge in [0.25, 0.3) is 0 Å². The first kappa shape index (κ1) is 19.2. The summed E-state index contributed by atoms with van der Waals surface area (Å²) in [6.07, 6.45) is 1.83. The SMILES string of the molecule is CCOc1cc(C=Nc2ccccc2)cc(Br)c1OCc1ccc(C)cc1. The van der Waals surface area contributed by atoms with Gasteiger partial charge in [0.15, 0.2) is 11.5 Å². The van der Waals surface area contributed by atoms with Crippen LogP contribution in [0, 0.1) is 6.92 Å². The molecule has 0 radical (unpaired) electrons. The number of halogens is 1. The zero-order valence-corrected chi connectivity index (χ0v) is 17.1. The quantitative estimate of drug-likeness (QED) is 0.406. The average molecular weight is 424 g/mol. The minimum Gasteiger partial charge on any atom is -0.490 e. The van der Waals surface area contributed by atoms with E-state index >= 15 is 0 Å². The van der Waals surface area contributed by atoms with E-state index in [9.17, 15) is 0 Å². The molecule has 0 atom stereocenters. The number of aliphatic imine (C=N–C) groups is 1. The summed E-state index contributed by atoms with van der Waals surface area (Å²) in [5.41, 5.74) is 4.20. The second kappa shape index (κ2) is 9.38. The first-order valence-electron chi connectivity index (χ1n) is 8.89. The van der Waals surface area contributed by atoms with Crippen LogP contribution in [0.5, 0.6) is 11.5 Å². The van der Waals surface area contributed by atoms with Crippen molar-refractivity contribution in [1.82, 2.24) is 0 Å². The van der Waals surface area contributed by atoms with Gasteiger partial charge in [-0.2, -0.15) is 0 Å². The molecule has 0 saturated heterocycles. The normalized spacial score (nSPS) is 10.9. The maximum absolute atomic E-state index is 6.05. The van der Waals surface area contributed by atoms with E-state index in [1.165, 1.54) is 5.56 Å². The summed E-state index contributed by atoms with van der Waals surface area (Å²) in [4.78, 5) is 4.51. The third kappa shape index (κ3) is 5.44. The second-order valence-electron chi connectivity index (χ2n) is 6.13. The smallest absolute Gasteiger partial charge is 0.175 e. The van der Waals surface area contributed by atoms with Crippen molar-refractivity contribution in [2.75, 3.05) is 6.61 Å². The number of nitrogens with zero attached hydrogens (tertiary/aromatic N) is 1. The van der Waals surface area contributed by atoms with Crippen LogP contribution in [-0.4, -0.2) is 12.8 Å². The van der Waals surface area contributed by atoms with Gasteiger partial charge in [-0.15, -0.1) is 0 Å². The van der Waals surface area contributed by atoms with Crippen molar-refractivity contribution in [3.63, 3.8) is 0 Å². The minimum atomic E-state index is 0.483. The third-order valence-corrected chi connectivity index (χ3v) is 4.54. The summed E-state index contributed by atoms with van der Waals surface area (Å²) in [6, 6.07) is 22.1. The van der Waals surface area contributed by atoms with E-state index in [0.717, 1.165) is 21.3 Å². The highest BCUT2D eigenvalue weighted by Gasteiger charge is 2.12. The van der Waals surface area contributed by atoms with Crippen LogP contribution >= 0.6 is 15.9 Å². The molecule has 0 aliphatic heterocycles. The molecule has 0 aliphatic rings. The number of benzene rings is 3. The topological polar surface area (TPSA) is 30.8 Å². The van der Waals surface area contributed by atoms with E-state index in [1.807, 2.05) is 55.6 Å². The van der Waals surface area contributed by atoms with Gasteiger partial charge in [-0.05, 0) is 65.2 Å². The van der Waals surface area contributed by atoms with Gasteiger partial charge in [0.1, 0.15) is 6.61 Å². The van der Waals surface area contributed by atoms with Crippen LogP contribution in [0.4, 0.5) is 5.69 Å². The Morgan fingerprint density at radius 2 is 1.70 bits per heavy atom. The van der Waals surface area contributed by atoms with Crippen molar-refractivity contribution in [2.45, 2.75) is 20.5 Å². The van der Waals surface area contributed by atoms with E-state index in [2.05, 4.69) is 52.1 Å². The molecule has 0 aromatic heterocycles. The van der Waals surface area contributed by atoms with Crippen LogP contribution in [0.2, 0.25) is 0 Å². The highest BCUT2D eigenvalue weighted by atomic mass is 79.9.